The number of rotatable bonds is 3. The van der Waals surface area contributed by atoms with Crippen LogP contribution in [-0.2, 0) is 6.54 Å². The van der Waals surface area contributed by atoms with Crippen molar-refractivity contribution < 1.29 is 9.50 Å². The van der Waals surface area contributed by atoms with Crippen molar-refractivity contribution in [2.75, 3.05) is 0 Å². The molecule has 1 aromatic heterocycles. The molecule has 0 radical (unpaired) electrons. The van der Waals surface area contributed by atoms with Crippen molar-refractivity contribution >= 4 is 23.4 Å². The molecule has 0 bridgehead atoms. The van der Waals surface area contributed by atoms with Crippen molar-refractivity contribution in [2.24, 2.45) is 0 Å². The summed E-state index contributed by atoms with van der Waals surface area (Å²) in [7, 11) is 0. The lowest BCUT2D eigenvalue weighted by atomic mass is 9.99. The number of fused-ring (bicyclic) bond motifs is 1. The summed E-state index contributed by atoms with van der Waals surface area (Å²) < 4.78 is 16.1. The molecule has 0 fully saturated rings. The lowest BCUT2D eigenvalue weighted by molar-refractivity contribution is 0.170. The summed E-state index contributed by atoms with van der Waals surface area (Å²) in [6.07, 6.45) is 4.72. The van der Waals surface area contributed by atoms with Crippen molar-refractivity contribution in [1.82, 2.24) is 9.55 Å². The van der Waals surface area contributed by atoms with Gasteiger partial charge >= 0.3 is 0 Å². The van der Waals surface area contributed by atoms with Gasteiger partial charge in [-0.1, -0.05) is 23.7 Å². The molecule has 0 spiro atoms. The number of nitrogens with zero attached hydrogens (tertiary/aromatic N) is 2. The van der Waals surface area contributed by atoms with E-state index in [0.717, 1.165) is 10.5 Å². The first-order valence-corrected chi connectivity index (χ1v) is 8.78. The molecule has 6 heteroatoms. The number of hydrogen-bond donors (Lipinski definition) is 1. The molecule has 1 aliphatic rings. The molecule has 4 rings (SSSR count). The summed E-state index contributed by atoms with van der Waals surface area (Å²) in [4.78, 5) is 5.04. The van der Waals surface area contributed by atoms with Crippen LogP contribution in [0, 0.1) is 5.82 Å². The number of aliphatic hydroxyl groups excluding tert-OH is 1. The topological polar surface area (TPSA) is 38.0 Å². The minimum absolute atomic E-state index is 0.000502. The standard InChI is InChI=1S/C18H14ClFN2OS/c19-13-2-1-3-14(20)17(13)11-4-5-15-12(8-11)18(23)16(24-15)9-22-7-6-21-10-22/h1-8,10,16,18,23H,9H2/t16-,18-/m0/s1. The fourth-order valence-corrected chi connectivity index (χ4v) is 4.57. The van der Waals surface area contributed by atoms with E-state index in [0.29, 0.717) is 22.7 Å². The molecular weight excluding hydrogens is 347 g/mol. The van der Waals surface area contributed by atoms with Gasteiger partial charge in [0, 0.05) is 29.4 Å². The molecule has 2 heterocycles. The molecule has 0 saturated heterocycles. The van der Waals surface area contributed by atoms with Gasteiger partial charge in [0.2, 0.25) is 0 Å². The van der Waals surface area contributed by atoms with Crippen molar-refractivity contribution in [3.05, 3.63) is 71.5 Å². The zero-order valence-corrected chi connectivity index (χ0v) is 14.1. The number of hydrogen-bond acceptors (Lipinski definition) is 3. The number of aliphatic hydroxyl groups is 1. The van der Waals surface area contributed by atoms with Crippen LogP contribution in [0.25, 0.3) is 11.1 Å². The molecule has 1 N–H and O–H groups in total. The molecule has 24 heavy (non-hydrogen) atoms. The van der Waals surface area contributed by atoms with Crippen molar-refractivity contribution in [2.45, 2.75) is 22.8 Å². The van der Waals surface area contributed by atoms with E-state index in [4.69, 9.17) is 11.6 Å². The van der Waals surface area contributed by atoms with E-state index < -0.39 is 6.10 Å². The highest BCUT2D eigenvalue weighted by Crippen LogP contribution is 2.46. The van der Waals surface area contributed by atoms with Gasteiger partial charge in [-0.25, -0.2) is 9.37 Å². The Morgan fingerprint density at radius 2 is 2.17 bits per heavy atom. The van der Waals surface area contributed by atoms with Gasteiger partial charge in [-0.05, 0) is 35.4 Å². The van der Waals surface area contributed by atoms with Crippen molar-refractivity contribution in [3.8, 4) is 11.1 Å². The normalized spacial score (nSPS) is 19.5. The smallest absolute Gasteiger partial charge is 0.132 e. The Labute approximate surface area is 148 Å². The highest BCUT2D eigenvalue weighted by molar-refractivity contribution is 8.00. The van der Waals surface area contributed by atoms with Crippen molar-refractivity contribution in [3.63, 3.8) is 0 Å². The monoisotopic (exact) mass is 360 g/mol. The summed E-state index contributed by atoms with van der Waals surface area (Å²) in [6.45, 7) is 0.663. The molecule has 0 amide bonds. The second-order valence-corrected chi connectivity index (χ2v) is 7.40. The van der Waals surface area contributed by atoms with Crippen molar-refractivity contribution in [1.29, 1.82) is 0 Å². The third-order valence-electron chi connectivity index (χ3n) is 4.16. The van der Waals surface area contributed by atoms with Crippen LogP contribution in [0.3, 0.4) is 0 Å². The first-order chi connectivity index (χ1) is 11.6. The number of aromatic nitrogens is 2. The average Bonchev–Trinajstić information content (AvgIpc) is 3.17. The van der Waals surface area contributed by atoms with Gasteiger partial charge in [0.25, 0.3) is 0 Å². The number of imidazole rings is 1. The molecule has 122 valence electrons. The van der Waals surface area contributed by atoms with E-state index >= 15 is 0 Å². The predicted octanol–water partition coefficient (Wildman–Crippen LogP) is 4.55. The van der Waals surface area contributed by atoms with E-state index in [1.165, 1.54) is 6.07 Å². The Balaban J connectivity index is 1.67. The summed E-state index contributed by atoms with van der Waals surface area (Å²) in [5.74, 6) is -0.363. The summed E-state index contributed by atoms with van der Waals surface area (Å²) >= 11 is 7.79. The Morgan fingerprint density at radius 3 is 2.92 bits per heavy atom. The second kappa shape index (κ2) is 6.24. The summed E-state index contributed by atoms with van der Waals surface area (Å²) in [6, 6.07) is 10.3. The summed E-state index contributed by atoms with van der Waals surface area (Å²) in [5.41, 5.74) is 1.87. The SMILES string of the molecule is O[C@H]1c2cc(-c3c(F)cccc3Cl)ccc2S[C@H]1Cn1ccnc1. The zero-order valence-electron chi connectivity index (χ0n) is 12.6. The fraction of sp³-hybridized carbons (Fsp3) is 0.167. The van der Waals surface area contributed by atoms with Gasteiger partial charge < -0.3 is 9.67 Å². The van der Waals surface area contributed by atoms with Gasteiger partial charge in [0.1, 0.15) is 5.82 Å². The minimum atomic E-state index is -0.613. The zero-order chi connectivity index (χ0) is 16.7. The van der Waals surface area contributed by atoms with Gasteiger partial charge in [-0.3, -0.25) is 0 Å². The molecule has 1 aliphatic heterocycles. The van der Waals surface area contributed by atoms with E-state index in [1.807, 2.05) is 29.0 Å². The second-order valence-electron chi connectivity index (χ2n) is 5.71. The Bertz CT molecular complexity index is 864. The van der Waals surface area contributed by atoms with E-state index in [2.05, 4.69) is 4.98 Å². The van der Waals surface area contributed by atoms with Crippen LogP contribution in [-0.4, -0.2) is 19.9 Å². The summed E-state index contributed by atoms with van der Waals surface area (Å²) in [5, 5.41) is 11.0. The maximum atomic E-state index is 14.2. The van der Waals surface area contributed by atoms with Crippen LogP contribution < -0.4 is 0 Å². The van der Waals surface area contributed by atoms with Gasteiger partial charge in [-0.2, -0.15) is 0 Å². The molecule has 2 atom stereocenters. The molecule has 3 aromatic rings. The van der Waals surface area contributed by atoms with E-state index in [-0.39, 0.29) is 11.1 Å². The maximum absolute atomic E-state index is 14.2. The lowest BCUT2D eigenvalue weighted by Crippen LogP contribution is -2.16. The van der Waals surface area contributed by atoms with Crippen LogP contribution in [0.5, 0.6) is 0 Å². The Morgan fingerprint density at radius 1 is 1.29 bits per heavy atom. The number of halogens is 2. The third-order valence-corrected chi connectivity index (χ3v) is 5.81. The van der Waals surface area contributed by atoms with E-state index in [9.17, 15) is 9.50 Å². The molecule has 0 saturated carbocycles. The molecule has 0 unspecified atom stereocenters. The van der Waals surface area contributed by atoms with Crippen LogP contribution in [0.1, 0.15) is 11.7 Å². The van der Waals surface area contributed by atoms with Gasteiger partial charge in [0.05, 0.1) is 22.7 Å². The third kappa shape index (κ3) is 2.73. The Hall–Kier alpha value is -1.82. The first-order valence-electron chi connectivity index (χ1n) is 7.52. The van der Waals surface area contributed by atoms with Gasteiger partial charge in [-0.15, -0.1) is 11.8 Å². The average molecular weight is 361 g/mol. The highest BCUT2D eigenvalue weighted by Gasteiger charge is 2.32. The maximum Gasteiger partial charge on any atom is 0.132 e. The highest BCUT2D eigenvalue weighted by atomic mass is 35.5. The van der Waals surface area contributed by atoms with Crippen LogP contribution in [0.2, 0.25) is 5.02 Å². The van der Waals surface area contributed by atoms with Crippen LogP contribution >= 0.6 is 23.4 Å². The Kier molecular flexibility index (Phi) is 4.08. The van der Waals surface area contributed by atoms with Crippen LogP contribution in [0.15, 0.2) is 60.0 Å². The molecule has 3 nitrogen and oxygen atoms in total. The number of thioether (sulfide) groups is 1. The predicted molar refractivity (Wildman–Crippen MR) is 93.7 cm³/mol. The largest absolute Gasteiger partial charge is 0.387 e. The first kappa shape index (κ1) is 15.7. The van der Waals surface area contributed by atoms with Crippen LogP contribution in [0.4, 0.5) is 4.39 Å². The molecule has 2 aromatic carbocycles. The fourth-order valence-electron chi connectivity index (χ4n) is 2.98. The van der Waals surface area contributed by atoms with E-state index in [1.54, 1.807) is 36.4 Å². The molecular formula is C18H14ClFN2OS. The van der Waals surface area contributed by atoms with Gasteiger partial charge in [0.15, 0.2) is 0 Å². The number of benzene rings is 2. The quantitative estimate of drug-likeness (QED) is 0.744. The molecule has 0 aliphatic carbocycles. The lowest BCUT2D eigenvalue weighted by Gasteiger charge is -2.14. The minimum Gasteiger partial charge on any atom is -0.387 e.